The van der Waals surface area contributed by atoms with E-state index in [2.05, 4.69) is 5.32 Å². The number of hydrogen-bond acceptors (Lipinski definition) is 4. The lowest BCUT2D eigenvalue weighted by Crippen LogP contribution is -2.20. The molecule has 4 nitrogen and oxygen atoms in total. The van der Waals surface area contributed by atoms with E-state index in [1.807, 2.05) is 13.8 Å². The molecule has 1 rings (SSSR count). The normalized spacial score (nSPS) is 11.9. The highest BCUT2D eigenvalue weighted by molar-refractivity contribution is 8.00. The van der Waals surface area contributed by atoms with Gasteiger partial charge in [0.15, 0.2) is 0 Å². The van der Waals surface area contributed by atoms with Crippen LogP contribution < -0.4 is 5.32 Å². The van der Waals surface area contributed by atoms with Crippen LogP contribution in [0.1, 0.15) is 40.0 Å². The number of anilines is 1. The zero-order valence-electron chi connectivity index (χ0n) is 13.4. The van der Waals surface area contributed by atoms with E-state index in [0.717, 1.165) is 18.9 Å². The van der Waals surface area contributed by atoms with E-state index in [1.165, 1.54) is 24.8 Å². The lowest BCUT2D eigenvalue weighted by atomic mass is 10.2. The lowest BCUT2D eigenvalue weighted by molar-refractivity contribution is -0.143. The van der Waals surface area contributed by atoms with Gasteiger partial charge in [0.2, 0.25) is 5.91 Å². The first kappa shape index (κ1) is 19.8. The van der Waals surface area contributed by atoms with E-state index >= 15 is 0 Å². The first-order valence-corrected chi connectivity index (χ1v) is 8.74. The van der Waals surface area contributed by atoms with Gasteiger partial charge in [-0.25, -0.2) is 4.39 Å². The predicted octanol–water partition coefficient (Wildman–Crippen LogP) is 4.65. The Hall–Kier alpha value is -1.27. The van der Waals surface area contributed by atoms with Crippen LogP contribution in [-0.4, -0.2) is 23.7 Å². The van der Waals surface area contributed by atoms with Gasteiger partial charge in [0, 0.05) is 11.8 Å². The Morgan fingerprint density at radius 1 is 1.35 bits per heavy atom. The SMILES string of the molecule is CCCOC(=O)C(CCC)Sc1cc(NC(C)=O)c(F)cc1Cl. The van der Waals surface area contributed by atoms with Crippen LogP contribution in [0.25, 0.3) is 0 Å². The Morgan fingerprint density at radius 2 is 2.04 bits per heavy atom. The Balaban J connectivity index is 2.98. The molecule has 0 bridgehead atoms. The smallest absolute Gasteiger partial charge is 0.319 e. The Labute approximate surface area is 145 Å². The molecule has 23 heavy (non-hydrogen) atoms. The summed E-state index contributed by atoms with van der Waals surface area (Å²) < 4.78 is 19.0. The number of benzene rings is 1. The van der Waals surface area contributed by atoms with E-state index in [4.69, 9.17) is 16.3 Å². The molecule has 1 aromatic carbocycles. The van der Waals surface area contributed by atoms with E-state index in [9.17, 15) is 14.0 Å². The molecular weight excluding hydrogens is 341 g/mol. The molecule has 128 valence electrons. The van der Waals surface area contributed by atoms with Gasteiger partial charge in [-0.05, 0) is 25.0 Å². The van der Waals surface area contributed by atoms with Crippen LogP contribution in [0.5, 0.6) is 0 Å². The van der Waals surface area contributed by atoms with Crippen molar-refractivity contribution >= 4 is 40.9 Å². The maximum absolute atomic E-state index is 13.8. The maximum atomic E-state index is 13.8. The number of rotatable bonds is 8. The first-order chi connectivity index (χ1) is 10.9. The van der Waals surface area contributed by atoms with Crippen molar-refractivity contribution in [1.29, 1.82) is 0 Å². The number of carbonyl (C=O) groups is 2. The van der Waals surface area contributed by atoms with E-state index in [0.29, 0.717) is 17.9 Å². The van der Waals surface area contributed by atoms with Crippen LogP contribution in [0.2, 0.25) is 5.02 Å². The summed E-state index contributed by atoms with van der Waals surface area (Å²) in [6.45, 7) is 5.55. The number of halogens is 2. The summed E-state index contributed by atoms with van der Waals surface area (Å²) in [6, 6.07) is 2.58. The van der Waals surface area contributed by atoms with Gasteiger partial charge in [-0.15, -0.1) is 11.8 Å². The summed E-state index contributed by atoms with van der Waals surface area (Å²) in [5, 5.41) is 2.19. The molecule has 0 spiro atoms. The second-order valence-electron chi connectivity index (χ2n) is 5.01. The van der Waals surface area contributed by atoms with Crippen LogP contribution in [0, 0.1) is 5.82 Å². The number of nitrogens with one attached hydrogen (secondary N) is 1. The van der Waals surface area contributed by atoms with Gasteiger partial charge in [0.25, 0.3) is 0 Å². The highest BCUT2D eigenvalue weighted by atomic mass is 35.5. The van der Waals surface area contributed by atoms with Crippen molar-refractivity contribution in [1.82, 2.24) is 0 Å². The Morgan fingerprint density at radius 3 is 2.61 bits per heavy atom. The van der Waals surface area contributed by atoms with Crippen molar-refractivity contribution < 1.29 is 18.7 Å². The average Bonchev–Trinajstić information content (AvgIpc) is 2.48. The number of ether oxygens (including phenoxy) is 1. The van der Waals surface area contributed by atoms with Gasteiger partial charge in [-0.1, -0.05) is 31.9 Å². The number of carbonyl (C=O) groups excluding carboxylic acids is 2. The fourth-order valence-electron chi connectivity index (χ4n) is 1.84. The molecule has 1 atom stereocenters. The summed E-state index contributed by atoms with van der Waals surface area (Å²) in [5.41, 5.74) is 0.0431. The summed E-state index contributed by atoms with van der Waals surface area (Å²) >= 11 is 7.29. The highest BCUT2D eigenvalue weighted by Crippen LogP contribution is 2.36. The van der Waals surface area contributed by atoms with E-state index in [1.54, 1.807) is 0 Å². The Kier molecular flexibility index (Phi) is 8.41. The molecule has 1 aromatic rings. The Bertz CT molecular complexity index is 569. The first-order valence-electron chi connectivity index (χ1n) is 7.48. The van der Waals surface area contributed by atoms with Crippen molar-refractivity contribution in [2.75, 3.05) is 11.9 Å². The molecular formula is C16H21ClFNO3S. The minimum Gasteiger partial charge on any atom is -0.465 e. The van der Waals surface area contributed by atoms with Crippen LogP contribution in [-0.2, 0) is 14.3 Å². The van der Waals surface area contributed by atoms with Gasteiger partial charge >= 0.3 is 5.97 Å². The number of hydrogen-bond donors (Lipinski definition) is 1. The summed E-state index contributed by atoms with van der Waals surface area (Å²) in [7, 11) is 0. The van der Waals surface area contributed by atoms with E-state index in [-0.39, 0.29) is 22.6 Å². The van der Waals surface area contributed by atoms with Gasteiger partial charge in [0.1, 0.15) is 11.1 Å². The second kappa shape index (κ2) is 9.78. The van der Waals surface area contributed by atoms with Crippen LogP contribution in [0.4, 0.5) is 10.1 Å². The molecule has 0 aliphatic heterocycles. The molecule has 0 saturated heterocycles. The number of esters is 1. The third kappa shape index (κ3) is 6.39. The molecule has 1 N–H and O–H groups in total. The predicted molar refractivity (Wildman–Crippen MR) is 91.5 cm³/mol. The zero-order chi connectivity index (χ0) is 17.4. The lowest BCUT2D eigenvalue weighted by Gasteiger charge is -2.16. The zero-order valence-corrected chi connectivity index (χ0v) is 15.0. The third-order valence-electron chi connectivity index (χ3n) is 2.86. The summed E-state index contributed by atoms with van der Waals surface area (Å²) in [5.74, 6) is -1.30. The summed E-state index contributed by atoms with van der Waals surface area (Å²) in [6.07, 6.45) is 2.17. The summed E-state index contributed by atoms with van der Waals surface area (Å²) in [4.78, 5) is 23.8. The average molecular weight is 362 g/mol. The fraction of sp³-hybridized carbons (Fsp3) is 0.500. The number of amides is 1. The van der Waals surface area contributed by atoms with Crippen molar-refractivity contribution in [3.8, 4) is 0 Å². The van der Waals surface area contributed by atoms with Crippen molar-refractivity contribution in [2.45, 2.75) is 50.2 Å². The topological polar surface area (TPSA) is 55.4 Å². The maximum Gasteiger partial charge on any atom is 0.319 e. The van der Waals surface area contributed by atoms with Crippen LogP contribution in [0.15, 0.2) is 17.0 Å². The van der Waals surface area contributed by atoms with Gasteiger partial charge in [-0.2, -0.15) is 0 Å². The molecule has 0 heterocycles. The molecule has 0 radical (unpaired) electrons. The molecule has 0 aliphatic rings. The molecule has 7 heteroatoms. The fourth-order valence-corrected chi connectivity index (χ4v) is 3.31. The van der Waals surface area contributed by atoms with E-state index < -0.39 is 11.1 Å². The van der Waals surface area contributed by atoms with Crippen LogP contribution >= 0.6 is 23.4 Å². The monoisotopic (exact) mass is 361 g/mol. The van der Waals surface area contributed by atoms with Crippen molar-refractivity contribution in [3.63, 3.8) is 0 Å². The number of thioether (sulfide) groups is 1. The molecule has 0 fully saturated rings. The van der Waals surface area contributed by atoms with Gasteiger partial charge in [0.05, 0.1) is 17.3 Å². The standard InChI is InChI=1S/C16H21ClFNO3S/c1-4-6-14(16(21)22-7-5-2)23-15-9-13(19-10(3)20)12(18)8-11(15)17/h8-9,14H,4-7H2,1-3H3,(H,19,20). The van der Waals surface area contributed by atoms with Crippen molar-refractivity contribution in [3.05, 3.63) is 23.0 Å². The van der Waals surface area contributed by atoms with Gasteiger partial charge in [-0.3, -0.25) is 9.59 Å². The van der Waals surface area contributed by atoms with Crippen LogP contribution in [0.3, 0.4) is 0 Å². The van der Waals surface area contributed by atoms with Crippen molar-refractivity contribution in [2.24, 2.45) is 0 Å². The molecule has 1 unspecified atom stereocenters. The highest BCUT2D eigenvalue weighted by Gasteiger charge is 2.22. The molecule has 0 saturated carbocycles. The largest absolute Gasteiger partial charge is 0.465 e. The minimum atomic E-state index is -0.616. The minimum absolute atomic E-state index is 0.0431. The third-order valence-corrected chi connectivity index (χ3v) is 4.59. The quantitative estimate of drug-likeness (QED) is 0.540. The molecule has 1 amide bonds. The molecule has 0 aromatic heterocycles. The molecule has 0 aliphatic carbocycles. The van der Waals surface area contributed by atoms with Gasteiger partial charge < -0.3 is 10.1 Å². The second-order valence-corrected chi connectivity index (χ2v) is 6.66.